The van der Waals surface area contributed by atoms with Crippen molar-refractivity contribution in [2.75, 3.05) is 6.54 Å². The molecule has 25 heavy (non-hydrogen) atoms. The van der Waals surface area contributed by atoms with Gasteiger partial charge in [0.25, 0.3) is 0 Å². The summed E-state index contributed by atoms with van der Waals surface area (Å²) in [6, 6.07) is 13.8. The number of benzene rings is 1. The molecule has 0 saturated heterocycles. The van der Waals surface area contributed by atoms with E-state index in [0.29, 0.717) is 12.1 Å². The van der Waals surface area contributed by atoms with Crippen molar-refractivity contribution in [3.05, 3.63) is 71.2 Å². The Morgan fingerprint density at radius 3 is 2.76 bits per heavy atom. The second-order valence-electron chi connectivity index (χ2n) is 6.07. The summed E-state index contributed by atoms with van der Waals surface area (Å²) >= 11 is 0. The lowest BCUT2D eigenvalue weighted by atomic mass is 10.1. The Morgan fingerprint density at radius 2 is 2.08 bits per heavy atom. The summed E-state index contributed by atoms with van der Waals surface area (Å²) in [5.74, 6) is 2.78. The third-order valence-corrected chi connectivity index (χ3v) is 4.26. The fraction of sp³-hybridized carbons (Fsp3) is 0.316. The largest absolute Gasteiger partial charge is 0.469 e. The molecule has 2 aromatic heterocycles. The molecule has 3 rings (SSSR count). The molecular weight excluding hydrogens is 314 g/mol. The van der Waals surface area contributed by atoms with Gasteiger partial charge in [0.15, 0.2) is 0 Å². The molecule has 6 heteroatoms. The van der Waals surface area contributed by atoms with E-state index in [-0.39, 0.29) is 0 Å². The number of furan rings is 1. The van der Waals surface area contributed by atoms with Gasteiger partial charge in [0.1, 0.15) is 17.4 Å². The smallest absolute Gasteiger partial charge is 0.146 e. The molecule has 0 aliphatic heterocycles. The minimum Gasteiger partial charge on any atom is -0.469 e. The van der Waals surface area contributed by atoms with E-state index < -0.39 is 0 Å². The molecule has 0 unspecified atom stereocenters. The molecule has 128 valence electrons. The molecule has 1 aromatic carbocycles. The van der Waals surface area contributed by atoms with Crippen molar-refractivity contribution in [3.63, 3.8) is 0 Å². The highest BCUT2D eigenvalue weighted by Crippen LogP contribution is 2.12. The summed E-state index contributed by atoms with van der Waals surface area (Å²) in [6.07, 6.45) is 2.52. The molecule has 0 amide bonds. The molecular formula is C19H21N5O. The Morgan fingerprint density at radius 1 is 1.20 bits per heavy atom. The molecule has 6 nitrogen and oxygen atoms in total. The predicted molar refractivity (Wildman–Crippen MR) is 93.4 cm³/mol. The number of hydrogen-bond acceptors (Lipinski definition) is 5. The molecule has 0 spiro atoms. The first-order valence-corrected chi connectivity index (χ1v) is 8.24. The summed E-state index contributed by atoms with van der Waals surface area (Å²) in [5, 5.41) is 17.5. The van der Waals surface area contributed by atoms with Gasteiger partial charge in [-0.15, -0.1) is 10.2 Å². The minimum absolute atomic E-state index is 0.679. The summed E-state index contributed by atoms with van der Waals surface area (Å²) in [4.78, 5) is 2.29. The monoisotopic (exact) mass is 335 g/mol. The van der Waals surface area contributed by atoms with Crippen LogP contribution in [-0.4, -0.2) is 26.2 Å². The average Bonchev–Trinajstić information content (AvgIpc) is 3.25. The molecule has 0 aliphatic carbocycles. The van der Waals surface area contributed by atoms with Crippen LogP contribution in [0.1, 0.15) is 28.5 Å². The maximum absolute atomic E-state index is 9.10. The zero-order valence-electron chi connectivity index (χ0n) is 14.5. The number of nitrogens with zero attached hydrogens (tertiary/aromatic N) is 5. The zero-order valence-corrected chi connectivity index (χ0v) is 14.5. The fourth-order valence-electron chi connectivity index (χ4n) is 2.72. The molecule has 0 fully saturated rings. The van der Waals surface area contributed by atoms with Crippen LogP contribution in [0.3, 0.4) is 0 Å². The summed E-state index contributed by atoms with van der Waals surface area (Å²) in [6.45, 7) is 4.20. The quantitative estimate of drug-likeness (QED) is 0.664. The molecule has 0 atom stereocenters. The number of nitriles is 1. The molecule has 0 saturated carbocycles. The lowest BCUT2D eigenvalue weighted by molar-refractivity contribution is 0.244. The Hall–Kier alpha value is -2.91. The average molecular weight is 335 g/mol. The van der Waals surface area contributed by atoms with Crippen molar-refractivity contribution in [2.45, 2.75) is 26.4 Å². The lowest BCUT2D eigenvalue weighted by Gasteiger charge is -2.21. The van der Waals surface area contributed by atoms with Gasteiger partial charge < -0.3 is 8.98 Å². The van der Waals surface area contributed by atoms with E-state index in [9.17, 15) is 0 Å². The zero-order chi connectivity index (χ0) is 17.6. The highest BCUT2D eigenvalue weighted by atomic mass is 16.3. The standard InChI is InChI=1S/C19H21N5O/c1-15-21-22-19(23(15)2)14-24(9-8-18-7-4-10-25-18)13-17-6-3-5-16(11-17)12-20/h3-7,10-11H,8-9,13-14H2,1-2H3. The van der Waals surface area contributed by atoms with Crippen molar-refractivity contribution in [2.24, 2.45) is 7.05 Å². The molecule has 0 radical (unpaired) electrons. The topological polar surface area (TPSA) is 70.9 Å². The Balaban J connectivity index is 1.75. The van der Waals surface area contributed by atoms with Crippen molar-refractivity contribution < 1.29 is 4.42 Å². The van der Waals surface area contributed by atoms with E-state index in [2.05, 4.69) is 21.2 Å². The second kappa shape index (κ2) is 7.77. The summed E-state index contributed by atoms with van der Waals surface area (Å²) in [5.41, 5.74) is 1.79. The van der Waals surface area contributed by atoms with E-state index in [1.54, 1.807) is 6.26 Å². The fourth-order valence-corrected chi connectivity index (χ4v) is 2.72. The second-order valence-corrected chi connectivity index (χ2v) is 6.07. The van der Waals surface area contributed by atoms with Crippen LogP contribution in [0.15, 0.2) is 47.1 Å². The van der Waals surface area contributed by atoms with Crippen LogP contribution in [0.5, 0.6) is 0 Å². The minimum atomic E-state index is 0.679. The number of aryl methyl sites for hydroxylation is 1. The van der Waals surface area contributed by atoms with Crippen LogP contribution in [0.4, 0.5) is 0 Å². The number of aromatic nitrogens is 3. The third-order valence-electron chi connectivity index (χ3n) is 4.26. The van der Waals surface area contributed by atoms with Crippen molar-refractivity contribution in [1.82, 2.24) is 19.7 Å². The van der Waals surface area contributed by atoms with Crippen LogP contribution in [-0.2, 0) is 26.6 Å². The highest BCUT2D eigenvalue weighted by Gasteiger charge is 2.13. The SMILES string of the molecule is Cc1nnc(CN(CCc2ccco2)Cc2cccc(C#N)c2)n1C. The molecule has 0 aliphatic rings. The van der Waals surface area contributed by atoms with Gasteiger partial charge in [-0.3, -0.25) is 4.90 Å². The first-order valence-electron chi connectivity index (χ1n) is 8.24. The first kappa shape index (κ1) is 16.9. The van der Waals surface area contributed by atoms with E-state index in [1.807, 2.05) is 54.9 Å². The van der Waals surface area contributed by atoms with Gasteiger partial charge in [0, 0.05) is 26.6 Å². The number of rotatable bonds is 7. The van der Waals surface area contributed by atoms with Crippen molar-refractivity contribution in [3.8, 4) is 6.07 Å². The Labute approximate surface area is 147 Å². The van der Waals surface area contributed by atoms with Crippen LogP contribution < -0.4 is 0 Å². The van der Waals surface area contributed by atoms with Gasteiger partial charge in [0.2, 0.25) is 0 Å². The van der Waals surface area contributed by atoms with E-state index >= 15 is 0 Å². The third kappa shape index (κ3) is 4.34. The predicted octanol–water partition coefficient (Wildman–Crippen LogP) is 2.83. The van der Waals surface area contributed by atoms with Gasteiger partial charge in [0.05, 0.1) is 24.4 Å². The molecule has 3 aromatic rings. The summed E-state index contributed by atoms with van der Waals surface area (Å²) < 4.78 is 7.45. The Bertz CT molecular complexity index is 860. The van der Waals surface area contributed by atoms with Gasteiger partial charge in [-0.1, -0.05) is 12.1 Å². The van der Waals surface area contributed by atoms with Gasteiger partial charge >= 0.3 is 0 Å². The summed E-state index contributed by atoms with van der Waals surface area (Å²) in [7, 11) is 1.98. The molecule has 0 bridgehead atoms. The molecule has 0 N–H and O–H groups in total. The Kier molecular flexibility index (Phi) is 5.26. The maximum Gasteiger partial charge on any atom is 0.146 e. The normalized spacial score (nSPS) is 11.0. The van der Waals surface area contributed by atoms with Gasteiger partial charge in [-0.05, 0) is 36.8 Å². The van der Waals surface area contributed by atoms with E-state index in [0.717, 1.165) is 42.5 Å². The van der Waals surface area contributed by atoms with Crippen molar-refractivity contribution >= 4 is 0 Å². The van der Waals surface area contributed by atoms with E-state index in [1.165, 1.54) is 0 Å². The highest BCUT2D eigenvalue weighted by molar-refractivity contribution is 5.32. The first-order chi connectivity index (χ1) is 12.2. The van der Waals surface area contributed by atoms with Crippen molar-refractivity contribution in [1.29, 1.82) is 5.26 Å². The van der Waals surface area contributed by atoms with Crippen LogP contribution >= 0.6 is 0 Å². The van der Waals surface area contributed by atoms with E-state index in [4.69, 9.17) is 9.68 Å². The van der Waals surface area contributed by atoms with Gasteiger partial charge in [-0.25, -0.2) is 0 Å². The molecule has 2 heterocycles. The van der Waals surface area contributed by atoms with Crippen LogP contribution in [0.2, 0.25) is 0 Å². The maximum atomic E-state index is 9.10. The van der Waals surface area contributed by atoms with Gasteiger partial charge in [-0.2, -0.15) is 5.26 Å². The lowest BCUT2D eigenvalue weighted by Crippen LogP contribution is -2.27. The van der Waals surface area contributed by atoms with Crippen LogP contribution in [0, 0.1) is 18.3 Å². The van der Waals surface area contributed by atoms with Crippen LogP contribution in [0.25, 0.3) is 0 Å². The number of hydrogen-bond donors (Lipinski definition) is 0.